The van der Waals surface area contributed by atoms with Gasteiger partial charge in [0.2, 0.25) is 5.88 Å². The minimum Gasteiger partial charge on any atom is -0.438 e. The second kappa shape index (κ2) is 5.92. The van der Waals surface area contributed by atoms with E-state index in [0.29, 0.717) is 5.75 Å². The lowest BCUT2D eigenvalue weighted by molar-refractivity contribution is -0.112. The first-order chi connectivity index (χ1) is 9.56. The number of aromatic amines is 1. The maximum Gasteiger partial charge on any atom is 0.261 e. The largest absolute Gasteiger partial charge is 0.438 e. The Morgan fingerprint density at radius 2 is 2.05 bits per heavy atom. The number of hydrogen-bond donors (Lipinski definition) is 1. The number of aromatic nitrogens is 2. The lowest BCUT2D eigenvalue weighted by Crippen LogP contribution is -2.11. The number of hydrogen-bond acceptors (Lipinski definition) is 4. The van der Waals surface area contributed by atoms with Crippen molar-refractivity contribution in [1.82, 2.24) is 9.97 Å². The van der Waals surface area contributed by atoms with Crippen LogP contribution in [0.4, 0.5) is 4.39 Å². The van der Waals surface area contributed by atoms with Crippen LogP contribution in [-0.2, 0) is 4.79 Å². The van der Waals surface area contributed by atoms with Gasteiger partial charge in [0.25, 0.3) is 5.56 Å². The maximum atomic E-state index is 12.8. The van der Waals surface area contributed by atoms with Crippen LogP contribution in [0.1, 0.15) is 12.5 Å². The van der Waals surface area contributed by atoms with Gasteiger partial charge in [-0.15, -0.1) is 0 Å². The molecule has 5 nitrogen and oxygen atoms in total. The molecule has 0 bridgehead atoms. The van der Waals surface area contributed by atoms with Crippen molar-refractivity contribution in [3.8, 4) is 11.6 Å². The summed E-state index contributed by atoms with van der Waals surface area (Å²) in [6, 6.07) is 5.29. The molecule has 0 spiro atoms. The van der Waals surface area contributed by atoms with E-state index in [0.717, 1.165) is 0 Å². The minimum absolute atomic E-state index is 0.0397. The Morgan fingerprint density at radius 1 is 1.35 bits per heavy atom. The summed E-state index contributed by atoms with van der Waals surface area (Å²) in [5.41, 5.74) is -0.318. The van der Waals surface area contributed by atoms with E-state index in [1.807, 2.05) is 0 Å². The van der Waals surface area contributed by atoms with Crippen molar-refractivity contribution in [2.45, 2.75) is 6.92 Å². The van der Waals surface area contributed by atoms with Crippen molar-refractivity contribution in [2.24, 2.45) is 0 Å². The molecule has 0 saturated heterocycles. The summed E-state index contributed by atoms with van der Waals surface area (Å²) in [5.74, 6) is -0.228. The van der Waals surface area contributed by atoms with Crippen LogP contribution in [0.15, 0.2) is 41.5 Å². The molecule has 1 aromatic carbocycles. The lowest BCUT2D eigenvalue weighted by Gasteiger charge is -2.06. The standard InChI is InChI=1S/C14H11FN2O3/c1-9(18)2-7-12-13(19)16-8-17-14(12)20-11-5-3-10(15)4-6-11/h2-8H,1H3,(H,16,17,19)/b7-2+. The summed E-state index contributed by atoms with van der Waals surface area (Å²) >= 11 is 0. The van der Waals surface area contributed by atoms with Gasteiger partial charge in [-0.25, -0.2) is 9.37 Å². The molecule has 6 heteroatoms. The van der Waals surface area contributed by atoms with E-state index >= 15 is 0 Å². The fraction of sp³-hybridized carbons (Fsp3) is 0.0714. The molecule has 1 heterocycles. The zero-order valence-electron chi connectivity index (χ0n) is 10.6. The summed E-state index contributed by atoms with van der Waals surface area (Å²) in [5, 5.41) is 0. The number of rotatable bonds is 4. The SMILES string of the molecule is CC(=O)/C=C/c1c(Oc2ccc(F)cc2)nc[nH]c1=O. The predicted octanol–water partition coefficient (Wildman–Crippen LogP) is 2.30. The molecular weight excluding hydrogens is 263 g/mol. The molecule has 0 unspecified atom stereocenters. The van der Waals surface area contributed by atoms with Crippen LogP contribution in [-0.4, -0.2) is 15.8 Å². The van der Waals surface area contributed by atoms with E-state index in [4.69, 9.17) is 4.74 Å². The Kier molecular flexibility index (Phi) is 4.05. The number of allylic oxidation sites excluding steroid dienone is 1. The third-order valence-corrected chi connectivity index (χ3v) is 2.37. The Balaban J connectivity index is 2.36. The Labute approximate surface area is 113 Å². The molecule has 2 rings (SSSR count). The van der Waals surface area contributed by atoms with Crippen LogP contribution in [0.25, 0.3) is 6.08 Å². The van der Waals surface area contributed by atoms with Crippen LogP contribution in [0.2, 0.25) is 0 Å². The van der Waals surface area contributed by atoms with Crippen LogP contribution in [0.3, 0.4) is 0 Å². The average molecular weight is 274 g/mol. The van der Waals surface area contributed by atoms with E-state index in [-0.39, 0.29) is 17.2 Å². The summed E-state index contributed by atoms with van der Waals surface area (Å²) in [6.07, 6.45) is 3.75. The normalized spacial score (nSPS) is 10.7. The highest BCUT2D eigenvalue weighted by Gasteiger charge is 2.08. The Morgan fingerprint density at radius 3 is 2.70 bits per heavy atom. The first kappa shape index (κ1) is 13.7. The van der Waals surface area contributed by atoms with Crippen molar-refractivity contribution < 1.29 is 13.9 Å². The number of carbonyl (C=O) groups excluding carboxylic acids is 1. The molecule has 0 amide bonds. The van der Waals surface area contributed by atoms with Crippen LogP contribution >= 0.6 is 0 Å². The van der Waals surface area contributed by atoms with Crippen molar-refractivity contribution in [3.63, 3.8) is 0 Å². The number of carbonyl (C=O) groups is 1. The molecule has 0 atom stereocenters. The van der Waals surface area contributed by atoms with Gasteiger partial charge in [-0.2, -0.15) is 0 Å². The number of ether oxygens (including phenoxy) is 1. The smallest absolute Gasteiger partial charge is 0.261 e. The third-order valence-electron chi connectivity index (χ3n) is 2.37. The molecule has 0 radical (unpaired) electrons. The van der Waals surface area contributed by atoms with Crippen molar-refractivity contribution >= 4 is 11.9 Å². The topological polar surface area (TPSA) is 72.0 Å². The summed E-state index contributed by atoms with van der Waals surface area (Å²) in [6.45, 7) is 1.36. The minimum atomic E-state index is -0.436. The number of ketones is 1. The zero-order valence-corrected chi connectivity index (χ0v) is 10.6. The van der Waals surface area contributed by atoms with Gasteiger partial charge in [0.1, 0.15) is 17.1 Å². The van der Waals surface area contributed by atoms with E-state index in [1.54, 1.807) is 0 Å². The van der Waals surface area contributed by atoms with Crippen LogP contribution in [0, 0.1) is 5.82 Å². The molecule has 2 aromatic rings. The molecule has 102 valence electrons. The third kappa shape index (κ3) is 3.38. The molecule has 1 aromatic heterocycles. The highest BCUT2D eigenvalue weighted by atomic mass is 19.1. The Bertz CT molecular complexity index is 705. The van der Waals surface area contributed by atoms with Gasteiger partial charge in [-0.3, -0.25) is 9.59 Å². The first-order valence-electron chi connectivity index (χ1n) is 5.76. The van der Waals surface area contributed by atoms with Crippen molar-refractivity contribution in [2.75, 3.05) is 0 Å². The van der Waals surface area contributed by atoms with Gasteiger partial charge < -0.3 is 9.72 Å². The highest BCUT2D eigenvalue weighted by molar-refractivity contribution is 5.91. The number of H-pyrrole nitrogens is 1. The van der Waals surface area contributed by atoms with Gasteiger partial charge in [0.05, 0.1) is 6.33 Å². The second-order valence-electron chi connectivity index (χ2n) is 3.95. The van der Waals surface area contributed by atoms with Gasteiger partial charge in [0.15, 0.2) is 5.78 Å². The zero-order chi connectivity index (χ0) is 14.5. The summed E-state index contributed by atoms with van der Waals surface area (Å²) in [4.78, 5) is 28.9. The number of nitrogens with one attached hydrogen (secondary N) is 1. The van der Waals surface area contributed by atoms with E-state index in [2.05, 4.69) is 9.97 Å². The van der Waals surface area contributed by atoms with E-state index in [1.165, 1.54) is 49.7 Å². The molecule has 0 aliphatic heterocycles. The van der Waals surface area contributed by atoms with Crippen molar-refractivity contribution in [3.05, 3.63) is 58.4 Å². The maximum absolute atomic E-state index is 12.8. The van der Waals surface area contributed by atoms with Gasteiger partial charge in [-0.05, 0) is 43.3 Å². The number of nitrogens with zero attached hydrogens (tertiary/aromatic N) is 1. The van der Waals surface area contributed by atoms with Gasteiger partial charge in [-0.1, -0.05) is 0 Å². The van der Waals surface area contributed by atoms with Crippen LogP contribution < -0.4 is 10.3 Å². The van der Waals surface area contributed by atoms with E-state index < -0.39 is 11.4 Å². The molecule has 0 saturated carbocycles. The number of halogens is 1. The Hall–Kier alpha value is -2.76. The summed E-state index contributed by atoms with van der Waals surface area (Å²) < 4.78 is 18.2. The lowest BCUT2D eigenvalue weighted by atomic mass is 10.2. The van der Waals surface area contributed by atoms with Gasteiger partial charge >= 0.3 is 0 Å². The summed E-state index contributed by atoms with van der Waals surface area (Å²) in [7, 11) is 0. The van der Waals surface area contributed by atoms with Gasteiger partial charge in [0, 0.05) is 0 Å². The molecule has 20 heavy (non-hydrogen) atoms. The predicted molar refractivity (Wildman–Crippen MR) is 71.0 cm³/mol. The first-order valence-corrected chi connectivity index (χ1v) is 5.76. The van der Waals surface area contributed by atoms with Crippen LogP contribution in [0.5, 0.6) is 11.6 Å². The fourth-order valence-electron chi connectivity index (χ4n) is 1.44. The highest BCUT2D eigenvalue weighted by Crippen LogP contribution is 2.21. The monoisotopic (exact) mass is 274 g/mol. The molecular formula is C14H11FN2O3. The number of benzene rings is 1. The second-order valence-corrected chi connectivity index (χ2v) is 3.95. The molecule has 0 aliphatic carbocycles. The average Bonchev–Trinajstić information content (AvgIpc) is 2.40. The van der Waals surface area contributed by atoms with E-state index in [9.17, 15) is 14.0 Å². The van der Waals surface area contributed by atoms with Crippen molar-refractivity contribution in [1.29, 1.82) is 0 Å². The molecule has 1 N–H and O–H groups in total. The quantitative estimate of drug-likeness (QED) is 0.868. The fourth-order valence-corrected chi connectivity index (χ4v) is 1.44. The molecule has 0 aliphatic rings. The molecule has 0 fully saturated rings.